The molecule has 1 aromatic heterocycles. The molecule has 0 bridgehead atoms. The second-order valence-corrected chi connectivity index (χ2v) is 5.49. The van der Waals surface area contributed by atoms with Crippen LogP contribution in [-0.4, -0.2) is 45.4 Å². The van der Waals surface area contributed by atoms with Gasteiger partial charge in [0.05, 0.1) is 12.8 Å². The van der Waals surface area contributed by atoms with Gasteiger partial charge in [-0.1, -0.05) is 41.7 Å². The van der Waals surface area contributed by atoms with Gasteiger partial charge < -0.3 is 15.1 Å². The van der Waals surface area contributed by atoms with E-state index in [1.54, 1.807) is 4.90 Å². The summed E-state index contributed by atoms with van der Waals surface area (Å²) in [6.45, 7) is 0.401. The van der Waals surface area contributed by atoms with Crippen LogP contribution in [0.4, 0.5) is 5.13 Å². The third-order valence-corrected chi connectivity index (χ3v) is 3.93. The summed E-state index contributed by atoms with van der Waals surface area (Å²) in [6, 6.07) is 9.50. The zero-order valence-corrected chi connectivity index (χ0v) is 12.5. The van der Waals surface area contributed by atoms with Gasteiger partial charge in [-0.2, -0.15) is 0 Å². The maximum Gasteiger partial charge on any atom is 0.305 e. The first-order valence-electron chi connectivity index (χ1n) is 6.63. The minimum Gasteiger partial charge on any atom is -0.481 e. The Hall–Kier alpha value is -2.48. The van der Waals surface area contributed by atoms with Gasteiger partial charge in [-0.25, -0.2) is 0 Å². The topological polar surface area (TPSA) is 104 Å². The normalized spacial score (nSPS) is 10.4. The van der Waals surface area contributed by atoms with E-state index in [1.807, 2.05) is 30.3 Å². The number of hydrogen-bond acceptors (Lipinski definition) is 6. The lowest BCUT2D eigenvalue weighted by Gasteiger charge is -2.19. The van der Waals surface area contributed by atoms with Gasteiger partial charge >= 0.3 is 11.9 Å². The zero-order valence-electron chi connectivity index (χ0n) is 11.7. The average Bonchev–Trinajstić information content (AvgIpc) is 2.97. The molecule has 1 heterocycles. The summed E-state index contributed by atoms with van der Waals surface area (Å²) in [6.07, 6.45) is -0.167. The van der Waals surface area contributed by atoms with Crippen LogP contribution in [0, 0.1) is 0 Å². The first kappa shape index (κ1) is 15.9. The lowest BCUT2D eigenvalue weighted by molar-refractivity contribution is -0.137. The van der Waals surface area contributed by atoms with Crippen molar-refractivity contribution in [2.24, 2.45) is 0 Å². The van der Waals surface area contributed by atoms with Crippen molar-refractivity contribution in [1.29, 1.82) is 0 Å². The molecule has 2 aromatic rings. The molecule has 0 saturated heterocycles. The Balaban J connectivity index is 2.14. The molecule has 116 valence electrons. The molecule has 0 radical (unpaired) electrons. The number of rotatable bonds is 8. The monoisotopic (exact) mass is 321 g/mol. The van der Waals surface area contributed by atoms with E-state index in [0.29, 0.717) is 10.1 Å². The third kappa shape index (κ3) is 4.52. The van der Waals surface area contributed by atoms with Crippen molar-refractivity contribution < 1.29 is 19.8 Å². The number of carboxylic acids is 2. The van der Waals surface area contributed by atoms with Gasteiger partial charge in [0.1, 0.15) is 5.01 Å². The number of carboxylic acid groups (broad SMARTS) is 2. The minimum absolute atomic E-state index is 0.0835. The molecule has 0 saturated carbocycles. The van der Waals surface area contributed by atoms with Crippen LogP contribution in [0.3, 0.4) is 0 Å². The molecule has 0 amide bonds. The Morgan fingerprint density at radius 1 is 1.00 bits per heavy atom. The highest BCUT2D eigenvalue weighted by Gasteiger charge is 2.16. The molecule has 2 rings (SSSR count). The average molecular weight is 321 g/mol. The van der Waals surface area contributed by atoms with Crippen molar-refractivity contribution in [2.75, 3.05) is 18.0 Å². The number of aliphatic carboxylic acids is 2. The van der Waals surface area contributed by atoms with Crippen molar-refractivity contribution in [1.82, 2.24) is 10.2 Å². The van der Waals surface area contributed by atoms with Gasteiger partial charge in [0.2, 0.25) is 5.13 Å². The summed E-state index contributed by atoms with van der Waals surface area (Å²) in [5.41, 5.74) is 0.919. The summed E-state index contributed by atoms with van der Waals surface area (Å²) >= 11 is 1.32. The van der Waals surface area contributed by atoms with Gasteiger partial charge in [-0.3, -0.25) is 9.59 Å². The number of benzene rings is 1. The van der Waals surface area contributed by atoms with E-state index >= 15 is 0 Å². The fourth-order valence-corrected chi connectivity index (χ4v) is 2.71. The predicted molar refractivity (Wildman–Crippen MR) is 82.1 cm³/mol. The first-order valence-corrected chi connectivity index (χ1v) is 7.45. The van der Waals surface area contributed by atoms with Gasteiger partial charge in [0, 0.05) is 18.7 Å². The molecule has 7 nitrogen and oxygen atoms in total. The number of carbonyl (C=O) groups is 2. The number of hydrogen-bond donors (Lipinski definition) is 2. The van der Waals surface area contributed by atoms with Gasteiger partial charge in [0.15, 0.2) is 0 Å². The van der Waals surface area contributed by atoms with E-state index in [4.69, 9.17) is 10.2 Å². The van der Waals surface area contributed by atoms with E-state index < -0.39 is 11.9 Å². The molecule has 2 N–H and O–H groups in total. The predicted octanol–water partition coefficient (Wildman–Crippen LogP) is 1.96. The van der Waals surface area contributed by atoms with E-state index in [0.717, 1.165) is 5.56 Å². The summed E-state index contributed by atoms with van der Waals surface area (Å²) in [5, 5.41) is 27.0. The Morgan fingerprint density at radius 2 is 1.59 bits per heavy atom. The molecule has 8 heteroatoms. The molecule has 1 aromatic carbocycles. The minimum atomic E-state index is -0.937. The Morgan fingerprint density at radius 3 is 2.14 bits per heavy atom. The van der Waals surface area contributed by atoms with Crippen LogP contribution in [0.15, 0.2) is 30.3 Å². The Labute approximate surface area is 130 Å². The zero-order chi connectivity index (χ0) is 15.9. The molecular weight excluding hydrogens is 306 g/mol. The van der Waals surface area contributed by atoms with Crippen LogP contribution in [0.5, 0.6) is 0 Å². The molecule has 0 spiro atoms. The maximum absolute atomic E-state index is 10.7. The van der Waals surface area contributed by atoms with E-state index in [1.165, 1.54) is 11.3 Å². The van der Waals surface area contributed by atoms with Crippen molar-refractivity contribution in [3.8, 4) is 10.6 Å². The second-order valence-electron chi connectivity index (χ2n) is 4.53. The molecule has 0 aliphatic heterocycles. The van der Waals surface area contributed by atoms with E-state index in [9.17, 15) is 9.59 Å². The van der Waals surface area contributed by atoms with Crippen LogP contribution in [-0.2, 0) is 9.59 Å². The molecule has 0 unspecified atom stereocenters. The van der Waals surface area contributed by atoms with Crippen LogP contribution in [0.1, 0.15) is 12.8 Å². The largest absolute Gasteiger partial charge is 0.481 e. The number of anilines is 1. The molecule has 0 aliphatic carbocycles. The van der Waals surface area contributed by atoms with Crippen molar-refractivity contribution in [3.63, 3.8) is 0 Å². The Bertz CT molecular complexity index is 627. The SMILES string of the molecule is O=C(O)CCN(CCC(=O)O)c1nnc(-c2ccccc2)s1. The fourth-order valence-electron chi connectivity index (χ4n) is 1.80. The van der Waals surface area contributed by atoms with Crippen LogP contribution in [0.25, 0.3) is 10.6 Å². The molecule has 0 fully saturated rings. The highest BCUT2D eigenvalue weighted by atomic mass is 32.1. The summed E-state index contributed by atoms with van der Waals surface area (Å²) in [7, 11) is 0. The van der Waals surface area contributed by atoms with Gasteiger partial charge in [0.25, 0.3) is 0 Å². The lowest BCUT2D eigenvalue weighted by atomic mass is 10.2. The van der Waals surface area contributed by atoms with Crippen molar-refractivity contribution >= 4 is 28.4 Å². The molecule has 0 aliphatic rings. The lowest BCUT2D eigenvalue weighted by Crippen LogP contribution is -2.28. The van der Waals surface area contributed by atoms with E-state index in [-0.39, 0.29) is 25.9 Å². The van der Waals surface area contributed by atoms with Crippen LogP contribution in [0.2, 0.25) is 0 Å². The molecular formula is C14H15N3O4S. The van der Waals surface area contributed by atoms with Crippen molar-refractivity contribution in [3.05, 3.63) is 30.3 Å². The summed E-state index contributed by atoms with van der Waals surface area (Å²) < 4.78 is 0. The van der Waals surface area contributed by atoms with E-state index in [2.05, 4.69) is 10.2 Å². The highest BCUT2D eigenvalue weighted by Crippen LogP contribution is 2.28. The second kappa shape index (κ2) is 7.51. The molecule has 22 heavy (non-hydrogen) atoms. The summed E-state index contributed by atoms with van der Waals surface area (Å²) in [5.74, 6) is -1.87. The smallest absolute Gasteiger partial charge is 0.305 e. The molecule has 0 atom stereocenters. The summed E-state index contributed by atoms with van der Waals surface area (Å²) in [4.78, 5) is 23.1. The fraction of sp³-hybridized carbons (Fsp3) is 0.286. The third-order valence-electron chi connectivity index (χ3n) is 2.90. The standard InChI is InChI=1S/C14H15N3O4S/c18-11(19)6-8-17(9-7-12(20)21)14-16-15-13(22-14)10-4-2-1-3-5-10/h1-5H,6-9H2,(H,18,19)(H,20,21). The number of nitrogens with zero attached hydrogens (tertiary/aromatic N) is 3. The quantitative estimate of drug-likeness (QED) is 0.766. The highest BCUT2D eigenvalue weighted by molar-refractivity contribution is 7.18. The Kier molecular flexibility index (Phi) is 5.42. The van der Waals surface area contributed by atoms with Gasteiger partial charge in [-0.15, -0.1) is 10.2 Å². The van der Waals surface area contributed by atoms with Crippen LogP contribution < -0.4 is 4.90 Å². The first-order chi connectivity index (χ1) is 10.6. The van der Waals surface area contributed by atoms with Crippen LogP contribution >= 0.6 is 11.3 Å². The number of aromatic nitrogens is 2. The van der Waals surface area contributed by atoms with Gasteiger partial charge in [-0.05, 0) is 0 Å². The van der Waals surface area contributed by atoms with Crippen molar-refractivity contribution in [2.45, 2.75) is 12.8 Å². The maximum atomic E-state index is 10.7.